The van der Waals surface area contributed by atoms with Gasteiger partial charge in [0.2, 0.25) is 11.8 Å². The molecular weight excluding hydrogens is 1130 g/mol. The Morgan fingerprint density at radius 2 is 1.12 bits per heavy atom. The number of aryl methyl sites for hydroxylation is 2. The molecular formula is C50H59BCl4LiN8O12S2. The minimum absolute atomic E-state index is 0. The van der Waals surface area contributed by atoms with E-state index in [1.165, 1.54) is 12.8 Å². The summed E-state index contributed by atoms with van der Waals surface area (Å²) in [4.78, 5) is 61.0. The average Bonchev–Trinajstić information content (AvgIpc) is 4.18. The van der Waals surface area contributed by atoms with Crippen molar-refractivity contribution in [1.82, 2.24) is 38.7 Å². The van der Waals surface area contributed by atoms with Crippen molar-refractivity contribution in [2.45, 2.75) is 65.1 Å². The molecule has 2 aromatic heterocycles. The van der Waals surface area contributed by atoms with Crippen molar-refractivity contribution in [1.29, 1.82) is 0 Å². The zero-order valence-corrected chi connectivity index (χ0v) is 48.2. The number of aromatic nitrogens is 2. The van der Waals surface area contributed by atoms with Crippen molar-refractivity contribution in [3.05, 3.63) is 139 Å². The molecule has 0 aliphatic carbocycles. The number of hydrogen-bond acceptors (Lipinski definition) is 12. The minimum Gasteiger partial charge on any atom is -1.00 e. The van der Waals surface area contributed by atoms with Gasteiger partial charge < -0.3 is 35.8 Å². The second-order valence-corrected chi connectivity index (χ2v) is 21.6. The number of ether oxygens (including phenoxy) is 2. The first-order valence-corrected chi connectivity index (χ1v) is 28.0. The van der Waals surface area contributed by atoms with Crippen LogP contribution in [0.1, 0.15) is 108 Å². The van der Waals surface area contributed by atoms with Crippen LogP contribution in [0.2, 0.25) is 20.1 Å². The fraction of sp³-hybridized carbons (Fsp3) is 0.340. The number of halogens is 4. The van der Waals surface area contributed by atoms with Crippen molar-refractivity contribution in [3.8, 4) is 0 Å². The molecule has 1 aliphatic rings. The Bertz CT molecular complexity index is 3330. The van der Waals surface area contributed by atoms with Crippen LogP contribution in [0, 0.1) is 0 Å². The number of fused-ring (bicyclic) bond motifs is 2. The van der Waals surface area contributed by atoms with Gasteiger partial charge >= 0.3 is 45.2 Å². The third kappa shape index (κ3) is 19.0. The molecule has 0 saturated carbocycles. The number of rotatable bonds is 19. The molecule has 0 bridgehead atoms. The van der Waals surface area contributed by atoms with Crippen molar-refractivity contribution >= 4 is 127 Å². The van der Waals surface area contributed by atoms with Crippen LogP contribution < -0.4 is 48.4 Å². The smallest absolute Gasteiger partial charge is 1.00 e. The zero-order chi connectivity index (χ0) is 55.9. The zero-order valence-electron chi connectivity index (χ0n) is 44.5. The Hall–Kier alpha value is -5.13. The number of aliphatic hydroxyl groups is 1. The average molecular weight is 1190 g/mol. The number of nitrogens with zero attached hydrogens (tertiary/aromatic N) is 2. The van der Waals surface area contributed by atoms with E-state index >= 15 is 0 Å². The summed E-state index contributed by atoms with van der Waals surface area (Å²) >= 11 is 24.8. The number of esters is 1. The normalized spacial score (nSPS) is 12.8. The first-order valence-electron chi connectivity index (χ1n) is 23.5. The van der Waals surface area contributed by atoms with Crippen LogP contribution in [0.25, 0.3) is 21.8 Å². The quantitative estimate of drug-likeness (QED) is 0.0451. The summed E-state index contributed by atoms with van der Waals surface area (Å²) in [5.41, 5.74) is 4.21. The van der Waals surface area contributed by atoms with E-state index in [0.29, 0.717) is 64.5 Å². The van der Waals surface area contributed by atoms with Crippen molar-refractivity contribution in [3.63, 3.8) is 0 Å². The van der Waals surface area contributed by atoms with Crippen LogP contribution in [-0.2, 0) is 60.2 Å². The van der Waals surface area contributed by atoms with Crippen molar-refractivity contribution in [2.24, 2.45) is 14.1 Å². The second-order valence-electron chi connectivity index (χ2n) is 17.1. The predicted octanol–water partition coefficient (Wildman–Crippen LogP) is 3.84. The fourth-order valence-corrected chi connectivity index (χ4v) is 10.3. The summed E-state index contributed by atoms with van der Waals surface area (Å²) in [6.45, 7) is 5.68. The Kier molecular flexibility index (Phi) is 26.7. The predicted molar refractivity (Wildman–Crippen MR) is 299 cm³/mol. The minimum atomic E-state index is -4.07. The molecule has 3 heterocycles. The maximum Gasteiger partial charge on any atom is 1.00 e. The third-order valence-corrected chi connectivity index (χ3v) is 15.4. The molecule has 6 aromatic rings. The number of amides is 4. The Balaban J connectivity index is 0.000000479. The molecule has 0 spiro atoms. The molecule has 78 heavy (non-hydrogen) atoms. The van der Waals surface area contributed by atoms with Gasteiger partial charge in [0.1, 0.15) is 11.4 Å². The molecule has 2 unspecified atom stereocenters. The standard InChI is InChI=1S/C24H26Cl2N4O6S.C22H24Cl2N4O5S.C4H8O.B.Li.H/c1-4-36-24(33)16-7-5-6-15(12-16)19(10-11-27-37(34,35)29-14(2)31)28-23(32)21-13-17-20(30(21)3)9-8-18(25)22(17)26;1-13(30)27-34(32,33)25-9-8-18(15-5-3-4-14(10-15)12-29)26-22(31)20-11-16-19(28(20)2)7-6-17(23)21(16)24;1-2-4-5-3-1;;;/h5-9,12-13,19,27H,4,10-11H2,1-3H3,(H,28,32)(H,29,31);3-7,10-11,18,25,29H,8-9,12H2,1-2H3,(H,26,31)(H,27,30);1-4H2;;;/q;;;;+1;-1. The summed E-state index contributed by atoms with van der Waals surface area (Å²) in [5.74, 6) is -2.85. The molecule has 1 aliphatic heterocycles. The topological polar surface area (TPSA) is 274 Å². The van der Waals surface area contributed by atoms with E-state index in [2.05, 4.69) is 20.1 Å². The van der Waals surface area contributed by atoms with Gasteiger partial charge in [-0.15, -0.1) is 0 Å². The Labute approximate surface area is 488 Å². The molecule has 2 atom stereocenters. The van der Waals surface area contributed by atoms with Gasteiger partial charge in [-0.3, -0.25) is 19.2 Å². The molecule has 28 heteroatoms. The number of nitrogens with one attached hydrogen (secondary N) is 6. The number of carbonyl (C=O) groups is 5. The maximum absolute atomic E-state index is 13.3. The second kappa shape index (κ2) is 31.0. The summed E-state index contributed by atoms with van der Waals surface area (Å²) in [6.07, 6.45) is 2.84. The van der Waals surface area contributed by atoms with E-state index in [4.69, 9.17) is 55.9 Å². The first-order chi connectivity index (χ1) is 35.9. The van der Waals surface area contributed by atoms with Gasteiger partial charge in [0.25, 0.3) is 11.8 Å². The van der Waals surface area contributed by atoms with Gasteiger partial charge in [0, 0.05) is 84.5 Å². The van der Waals surface area contributed by atoms with E-state index in [9.17, 15) is 45.9 Å². The Morgan fingerprint density at radius 3 is 1.51 bits per heavy atom. The molecule has 7 N–H and O–H groups in total. The number of hydrogen-bond donors (Lipinski definition) is 7. The number of benzene rings is 4. The van der Waals surface area contributed by atoms with E-state index in [1.54, 1.807) is 115 Å². The van der Waals surface area contributed by atoms with Gasteiger partial charge in [-0.05, 0) is 97.8 Å². The van der Waals surface area contributed by atoms with E-state index < -0.39 is 62.1 Å². The molecule has 1 fully saturated rings. The Morgan fingerprint density at radius 1 is 0.679 bits per heavy atom. The summed E-state index contributed by atoms with van der Waals surface area (Å²) < 4.78 is 69.4. The van der Waals surface area contributed by atoms with Crippen LogP contribution in [0.4, 0.5) is 0 Å². The largest absolute Gasteiger partial charge is 1.00 e. The number of aliphatic hydroxyl groups excluding tert-OH is 1. The molecule has 4 amide bonds. The third-order valence-electron chi connectivity index (χ3n) is 11.5. The van der Waals surface area contributed by atoms with Gasteiger partial charge in [-0.2, -0.15) is 26.3 Å². The van der Waals surface area contributed by atoms with E-state index in [-0.39, 0.29) is 73.4 Å². The van der Waals surface area contributed by atoms with Gasteiger partial charge in [-0.25, -0.2) is 14.2 Å². The molecule has 20 nitrogen and oxygen atoms in total. The van der Waals surface area contributed by atoms with Gasteiger partial charge in [0.15, 0.2) is 0 Å². The summed E-state index contributed by atoms with van der Waals surface area (Å²) in [7, 11) is -4.65. The molecule has 3 radical (unpaired) electrons. The molecule has 415 valence electrons. The van der Waals surface area contributed by atoms with Crippen LogP contribution in [-0.4, -0.2) is 102 Å². The summed E-state index contributed by atoms with van der Waals surface area (Å²) in [6, 6.07) is 22.2. The van der Waals surface area contributed by atoms with Crippen LogP contribution in [0.5, 0.6) is 0 Å². The maximum atomic E-state index is 13.3. The first kappa shape index (κ1) is 67.1. The number of carbonyl (C=O) groups excluding carboxylic acids is 5. The van der Waals surface area contributed by atoms with Gasteiger partial charge in [0.05, 0.1) is 51.0 Å². The molecule has 1 saturated heterocycles. The van der Waals surface area contributed by atoms with Crippen molar-refractivity contribution in [2.75, 3.05) is 32.9 Å². The van der Waals surface area contributed by atoms with Crippen LogP contribution in [0.15, 0.2) is 84.9 Å². The van der Waals surface area contributed by atoms with E-state index in [1.807, 2.05) is 9.44 Å². The fourth-order valence-electron chi connectivity index (χ4n) is 7.88. The van der Waals surface area contributed by atoms with E-state index in [0.717, 1.165) is 32.6 Å². The SMILES string of the molecule is C1CCOC1.CC(=O)NS(=O)(=O)NCCC(NC(=O)c1cc2c(Cl)c(Cl)ccc2n1C)c1cccc(CO)c1.CCOC(=O)c1cccc(C(CCNS(=O)(=O)NC(C)=O)NC(=O)c2cc3c(Cl)c(Cl)ccc3n2C)c1.[B].[H-].[Li+]. The van der Waals surface area contributed by atoms with Crippen LogP contribution in [0.3, 0.4) is 0 Å². The van der Waals surface area contributed by atoms with Crippen molar-refractivity contribution < 1.29 is 75.7 Å². The molecule has 7 rings (SSSR count). The van der Waals surface area contributed by atoms with Crippen LogP contribution >= 0.6 is 46.4 Å². The monoisotopic (exact) mass is 1190 g/mol. The van der Waals surface area contributed by atoms with Gasteiger partial charge in [-0.1, -0.05) is 82.8 Å². The molecule has 4 aromatic carbocycles. The summed E-state index contributed by atoms with van der Waals surface area (Å²) in [5, 5.41) is 17.9.